The van der Waals surface area contributed by atoms with Gasteiger partial charge in [0.2, 0.25) is 6.10 Å². The predicted octanol–water partition coefficient (Wildman–Crippen LogP) is 11.3. The molecule has 10 nitrogen and oxygen atoms in total. The summed E-state index contributed by atoms with van der Waals surface area (Å²) in [6.45, 7) is 16.8. The minimum Gasteiger partial charge on any atom is -0.458 e. The van der Waals surface area contributed by atoms with E-state index in [2.05, 4.69) is 13.8 Å². The molecule has 0 aromatic rings. The van der Waals surface area contributed by atoms with E-state index in [9.17, 15) is 29.4 Å². The molecular formula is C50H92O10. The maximum atomic E-state index is 15.0. The van der Waals surface area contributed by atoms with E-state index < -0.39 is 68.3 Å². The van der Waals surface area contributed by atoms with Crippen LogP contribution in [0.4, 0.5) is 0 Å². The second-order valence-corrected chi connectivity index (χ2v) is 22.2. The summed E-state index contributed by atoms with van der Waals surface area (Å²) in [5.41, 5.74) is -8.50. The molecule has 352 valence electrons. The number of rotatable bonds is 13. The fourth-order valence-corrected chi connectivity index (χ4v) is 14.1. The topological polar surface area (TPSA) is 146 Å². The maximum Gasteiger partial charge on any atom is 0.348 e. The van der Waals surface area contributed by atoms with Gasteiger partial charge in [-0.2, -0.15) is 0 Å². The molecule has 9 fully saturated rings. The van der Waals surface area contributed by atoms with E-state index in [0.717, 1.165) is 19.3 Å². The first-order chi connectivity index (χ1) is 24.8. The number of carbonyl (C=O) groups excluding carboxylic acids is 4. The Kier molecular flexibility index (Phi) is 16.5. The lowest BCUT2D eigenvalue weighted by atomic mass is 9.45. The highest BCUT2D eigenvalue weighted by Crippen LogP contribution is 2.66. The van der Waals surface area contributed by atoms with Crippen molar-refractivity contribution in [1.82, 2.24) is 0 Å². The zero-order chi connectivity index (χ0) is 39.5. The van der Waals surface area contributed by atoms with Gasteiger partial charge in [-0.05, 0) is 156 Å². The largest absolute Gasteiger partial charge is 0.458 e. The van der Waals surface area contributed by atoms with Crippen LogP contribution >= 0.6 is 0 Å². The molecule has 0 radical (unpaired) electrons. The molecule has 1 saturated heterocycles. The molecule has 1 aliphatic heterocycles. The number of esters is 4. The normalized spacial score (nSPS) is 37.9. The van der Waals surface area contributed by atoms with Crippen LogP contribution in [0.25, 0.3) is 0 Å². The Morgan fingerprint density at radius 1 is 0.650 bits per heavy atom. The molecule has 0 spiro atoms. The van der Waals surface area contributed by atoms with Gasteiger partial charge in [-0.15, -0.1) is 0 Å². The average Bonchev–Trinajstić information content (AvgIpc) is 3.27. The van der Waals surface area contributed by atoms with Crippen molar-refractivity contribution in [3.63, 3.8) is 0 Å². The summed E-state index contributed by atoms with van der Waals surface area (Å²) in [5.74, 6) is -0.0260. The summed E-state index contributed by atoms with van der Waals surface area (Å²) in [5, 5.41) is 23.0. The Labute approximate surface area is 366 Å². The van der Waals surface area contributed by atoms with Gasteiger partial charge < -0.3 is 29.2 Å². The quantitative estimate of drug-likeness (QED) is 0.136. The summed E-state index contributed by atoms with van der Waals surface area (Å²) >= 11 is 0. The van der Waals surface area contributed by atoms with E-state index in [0.29, 0.717) is 49.9 Å². The molecule has 8 bridgehead atoms. The van der Waals surface area contributed by atoms with Crippen molar-refractivity contribution >= 4 is 23.9 Å². The molecule has 6 atom stereocenters. The monoisotopic (exact) mass is 853 g/mol. The highest BCUT2D eigenvalue weighted by molar-refractivity contribution is 5.85. The molecule has 8 aliphatic carbocycles. The third-order valence-electron chi connectivity index (χ3n) is 15.9. The average molecular weight is 853 g/mol. The van der Waals surface area contributed by atoms with Gasteiger partial charge in [-0.3, -0.25) is 14.4 Å². The Morgan fingerprint density at radius 2 is 1.15 bits per heavy atom. The fraction of sp³-hybridized carbons (Fsp3) is 0.920. The van der Waals surface area contributed by atoms with E-state index in [4.69, 9.17) is 18.9 Å². The Balaban J connectivity index is 0.00000300. The van der Waals surface area contributed by atoms with Gasteiger partial charge >= 0.3 is 23.9 Å². The van der Waals surface area contributed by atoms with Crippen LogP contribution in [0.3, 0.4) is 0 Å². The zero-order valence-corrected chi connectivity index (χ0v) is 34.6. The summed E-state index contributed by atoms with van der Waals surface area (Å²) in [6.07, 6.45) is 9.91. The molecule has 0 amide bonds. The van der Waals surface area contributed by atoms with Crippen LogP contribution in [-0.2, 0) is 38.1 Å². The van der Waals surface area contributed by atoms with Crippen LogP contribution in [0.15, 0.2) is 0 Å². The van der Waals surface area contributed by atoms with Crippen LogP contribution < -0.4 is 0 Å². The number of cyclic esters (lactones) is 1. The van der Waals surface area contributed by atoms with Crippen molar-refractivity contribution in [3.8, 4) is 0 Å². The van der Waals surface area contributed by atoms with Gasteiger partial charge in [-0.1, -0.05) is 58.4 Å². The van der Waals surface area contributed by atoms with Crippen molar-refractivity contribution in [2.75, 3.05) is 0 Å². The van der Waals surface area contributed by atoms with Gasteiger partial charge in [0.15, 0.2) is 0 Å². The van der Waals surface area contributed by atoms with E-state index in [1.807, 2.05) is 13.8 Å². The highest BCUT2D eigenvalue weighted by atomic mass is 16.6. The second-order valence-electron chi connectivity index (χ2n) is 22.2. The van der Waals surface area contributed by atoms with Crippen molar-refractivity contribution in [3.05, 3.63) is 0 Å². The van der Waals surface area contributed by atoms with Crippen LogP contribution in [0.1, 0.15) is 216 Å². The highest BCUT2D eigenvalue weighted by Gasteiger charge is 2.66. The van der Waals surface area contributed by atoms with Crippen molar-refractivity contribution < 1.29 is 48.3 Å². The minimum absolute atomic E-state index is 0. The molecule has 9 aliphatic rings. The molecule has 9 rings (SSSR count). The summed E-state index contributed by atoms with van der Waals surface area (Å²) in [4.78, 5) is 56.3. The van der Waals surface area contributed by atoms with Gasteiger partial charge in [-0.25, -0.2) is 4.79 Å². The van der Waals surface area contributed by atoms with E-state index in [-0.39, 0.29) is 100 Å². The Bertz CT molecular complexity index is 1510. The lowest BCUT2D eigenvalue weighted by Crippen LogP contribution is -2.67. The third kappa shape index (κ3) is 9.79. The summed E-state index contributed by atoms with van der Waals surface area (Å²) in [6, 6.07) is 0. The number of ether oxygens (including phenoxy) is 4. The van der Waals surface area contributed by atoms with Gasteiger partial charge in [0.25, 0.3) is 0 Å². The van der Waals surface area contributed by atoms with Crippen molar-refractivity contribution in [2.45, 2.75) is 250 Å². The first-order valence-electron chi connectivity index (χ1n) is 21.2. The summed E-state index contributed by atoms with van der Waals surface area (Å²) < 4.78 is 24.6. The van der Waals surface area contributed by atoms with Gasteiger partial charge in [0.1, 0.15) is 16.8 Å². The summed E-state index contributed by atoms with van der Waals surface area (Å²) in [7, 11) is 0. The van der Waals surface area contributed by atoms with Crippen LogP contribution in [-0.4, -0.2) is 68.2 Å². The molecule has 2 N–H and O–H groups in total. The van der Waals surface area contributed by atoms with Gasteiger partial charge in [0, 0.05) is 31.1 Å². The molecule has 8 saturated carbocycles. The predicted molar refractivity (Wildman–Crippen MR) is 240 cm³/mol. The Morgan fingerprint density at radius 3 is 1.57 bits per heavy atom. The zero-order valence-electron chi connectivity index (χ0n) is 34.6. The van der Waals surface area contributed by atoms with E-state index >= 15 is 0 Å². The number of aliphatic hydroxyl groups is 2. The minimum atomic E-state index is -1.39. The van der Waals surface area contributed by atoms with Crippen LogP contribution in [0.2, 0.25) is 0 Å². The number of hydrogen-bond acceptors (Lipinski definition) is 10. The third-order valence-corrected chi connectivity index (χ3v) is 15.9. The van der Waals surface area contributed by atoms with E-state index in [1.165, 1.54) is 19.3 Å². The second kappa shape index (κ2) is 17.8. The smallest absolute Gasteiger partial charge is 0.348 e. The lowest BCUT2D eigenvalue weighted by molar-refractivity contribution is -0.265. The molecule has 0 aromatic heterocycles. The molecule has 60 heavy (non-hydrogen) atoms. The van der Waals surface area contributed by atoms with Crippen molar-refractivity contribution in [2.24, 2.45) is 45.3 Å². The molecular weight excluding hydrogens is 761 g/mol. The molecule has 1 heterocycles. The fourth-order valence-electron chi connectivity index (χ4n) is 14.1. The van der Waals surface area contributed by atoms with Crippen molar-refractivity contribution in [1.29, 1.82) is 0 Å². The first-order valence-corrected chi connectivity index (χ1v) is 21.2. The van der Waals surface area contributed by atoms with Crippen LogP contribution in [0.5, 0.6) is 0 Å². The van der Waals surface area contributed by atoms with Crippen LogP contribution in [0, 0.1) is 45.3 Å². The SMILES string of the molecule is C.C.C.C.C.C.CCC(C)(CC(C)(CC(C)(C)C(=O)OC1CC(C)(C)OC1=O)C(=O)OC12CC3CC(O)(CC(O)(C3)C1)C2)C(=O)OC(C)(CC)C12CC3CC(CC(C3)C1)C2. The molecule has 0 aromatic carbocycles. The standard InChI is InChI=1S/C44H68O10.6CH4/c1-10-38(7,34(47)53-40(9,11-2)41-15-27-12-28(16-41)14-29(13-27)17-41)23-39(8,22-36(3,4)33(46)51-31-21-37(5,6)52-32(31)45)35(48)54-44-20-30-18-42(49,25-44)24-43(50,19-30)26-44;;;;;;/h27-31,49-50H,10-26H2,1-9H3;6*1H4. The molecule has 10 heteroatoms. The van der Waals surface area contributed by atoms with Gasteiger partial charge in [0.05, 0.1) is 27.4 Å². The Hall–Kier alpha value is -2.20. The molecule has 6 unspecified atom stereocenters. The van der Waals surface area contributed by atoms with E-state index in [1.54, 1.807) is 34.6 Å². The number of hydrogen-bond donors (Lipinski definition) is 2. The lowest BCUT2D eigenvalue weighted by Gasteiger charge is -2.62. The maximum absolute atomic E-state index is 15.0. The number of carbonyl (C=O) groups is 4. The first kappa shape index (κ1) is 55.8.